The van der Waals surface area contributed by atoms with Gasteiger partial charge in [0.05, 0.1) is 11.5 Å². The second-order valence-corrected chi connectivity index (χ2v) is 4.24. The van der Waals surface area contributed by atoms with Crippen LogP contribution in [0.3, 0.4) is 0 Å². The van der Waals surface area contributed by atoms with Gasteiger partial charge in [0.25, 0.3) is 0 Å². The molecular weight excluding hydrogens is 176 g/mol. The highest BCUT2D eigenvalue weighted by Crippen LogP contribution is 2.21. The van der Waals surface area contributed by atoms with Crippen LogP contribution in [-0.4, -0.2) is 13.6 Å². The molecule has 3 nitrogen and oxygen atoms in total. The van der Waals surface area contributed by atoms with Gasteiger partial charge in [-0.2, -0.15) is 5.26 Å². The Labute approximate surface area is 84.9 Å². The van der Waals surface area contributed by atoms with Gasteiger partial charge in [0.15, 0.2) is 5.88 Å². The van der Waals surface area contributed by atoms with Crippen LogP contribution in [0.5, 0.6) is 0 Å². The molecule has 0 N–H and O–H groups in total. The molecule has 0 aromatic carbocycles. The minimum absolute atomic E-state index is 0.352. The van der Waals surface area contributed by atoms with E-state index in [1.807, 2.05) is 44.9 Å². The molecule has 0 radical (unpaired) electrons. The fourth-order valence-corrected chi connectivity index (χ4v) is 1.33. The lowest BCUT2D eigenvalue weighted by Gasteiger charge is -2.23. The molecule has 0 fully saturated rings. The maximum atomic E-state index is 8.89. The summed E-state index contributed by atoms with van der Waals surface area (Å²) in [5.74, 6) is 1.70. The normalized spacial score (nSPS) is 11.1. The Morgan fingerprint density at radius 1 is 1.50 bits per heavy atom. The second kappa shape index (κ2) is 3.75. The molecule has 0 amide bonds. The van der Waals surface area contributed by atoms with Crippen LogP contribution in [0.4, 0.5) is 5.88 Å². The first-order valence-corrected chi connectivity index (χ1v) is 4.63. The second-order valence-electron chi connectivity index (χ2n) is 4.24. The van der Waals surface area contributed by atoms with E-state index in [2.05, 4.69) is 6.07 Å². The summed E-state index contributed by atoms with van der Waals surface area (Å²) in [6.07, 6.45) is 0. The van der Waals surface area contributed by atoms with Gasteiger partial charge in [-0.3, -0.25) is 0 Å². The molecule has 76 valence electrons. The minimum Gasteiger partial charge on any atom is -0.446 e. The van der Waals surface area contributed by atoms with Crippen LogP contribution in [0, 0.1) is 23.7 Å². The Bertz CT molecular complexity index is 346. The van der Waals surface area contributed by atoms with Crippen LogP contribution in [-0.2, 0) is 0 Å². The topological polar surface area (TPSA) is 40.2 Å². The van der Waals surface area contributed by atoms with Gasteiger partial charge in [-0.15, -0.1) is 0 Å². The van der Waals surface area contributed by atoms with Gasteiger partial charge in [0.1, 0.15) is 5.76 Å². The Morgan fingerprint density at radius 2 is 2.14 bits per heavy atom. The lowest BCUT2D eigenvalue weighted by atomic mass is 9.95. The molecule has 1 heterocycles. The van der Waals surface area contributed by atoms with Crippen molar-refractivity contribution < 1.29 is 4.42 Å². The summed E-state index contributed by atoms with van der Waals surface area (Å²) in [4.78, 5) is 1.95. The third kappa shape index (κ3) is 2.53. The van der Waals surface area contributed by atoms with Gasteiger partial charge in [0, 0.05) is 19.7 Å². The molecule has 14 heavy (non-hydrogen) atoms. The number of aryl methyl sites for hydroxylation is 1. The number of nitriles is 1. The maximum absolute atomic E-state index is 8.89. The molecule has 0 atom stereocenters. The summed E-state index contributed by atoms with van der Waals surface area (Å²) < 4.78 is 5.45. The first-order valence-electron chi connectivity index (χ1n) is 4.63. The summed E-state index contributed by atoms with van der Waals surface area (Å²) >= 11 is 0. The predicted octanol–water partition coefficient (Wildman–Crippen LogP) is 2.57. The van der Waals surface area contributed by atoms with E-state index < -0.39 is 0 Å². The monoisotopic (exact) mass is 192 g/mol. The third-order valence-corrected chi connectivity index (χ3v) is 2.04. The Morgan fingerprint density at radius 3 is 2.57 bits per heavy atom. The molecule has 0 aliphatic carbocycles. The molecule has 0 saturated carbocycles. The average molecular weight is 192 g/mol. The van der Waals surface area contributed by atoms with Gasteiger partial charge >= 0.3 is 0 Å². The number of nitrogens with zero attached hydrogens (tertiary/aromatic N) is 2. The highest BCUT2D eigenvalue weighted by Gasteiger charge is 2.20. The summed E-state index contributed by atoms with van der Waals surface area (Å²) in [6, 6.07) is 6.11. The smallest absolute Gasteiger partial charge is 0.195 e. The maximum Gasteiger partial charge on any atom is 0.195 e. The van der Waals surface area contributed by atoms with Gasteiger partial charge < -0.3 is 9.32 Å². The molecule has 1 aromatic heterocycles. The third-order valence-electron chi connectivity index (χ3n) is 2.04. The largest absolute Gasteiger partial charge is 0.446 e. The van der Waals surface area contributed by atoms with Crippen molar-refractivity contribution in [2.75, 3.05) is 18.5 Å². The first kappa shape index (κ1) is 10.6. The van der Waals surface area contributed by atoms with Crippen LogP contribution in [0.1, 0.15) is 19.6 Å². The Hall–Kier alpha value is -1.43. The van der Waals surface area contributed by atoms with Crippen LogP contribution in [0.25, 0.3) is 0 Å². The fourth-order valence-electron chi connectivity index (χ4n) is 1.33. The van der Waals surface area contributed by atoms with Gasteiger partial charge in [-0.25, -0.2) is 0 Å². The summed E-state index contributed by atoms with van der Waals surface area (Å²) in [5, 5.41) is 8.89. The summed E-state index contributed by atoms with van der Waals surface area (Å²) in [5.41, 5.74) is -0.352. The molecule has 0 unspecified atom stereocenters. The van der Waals surface area contributed by atoms with E-state index in [-0.39, 0.29) is 5.41 Å². The van der Waals surface area contributed by atoms with Gasteiger partial charge in [-0.05, 0) is 26.8 Å². The predicted molar refractivity (Wildman–Crippen MR) is 56.1 cm³/mol. The van der Waals surface area contributed by atoms with Gasteiger partial charge in [-0.1, -0.05) is 0 Å². The standard InChI is InChI=1S/C11H16N2O/c1-9-5-6-10(14-9)13(4)8-11(2,3)7-12/h5-6H,8H2,1-4H3. The van der Waals surface area contributed by atoms with Crippen molar-refractivity contribution in [2.24, 2.45) is 5.41 Å². The van der Waals surface area contributed by atoms with Crippen molar-refractivity contribution in [1.82, 2.24) is 0 Å². The van der Waals surface area contributed by atoms with Crippen LogP contribution in [0.15, 0.2) is 16.5 Å². The van der Waals surface area contributed by atoms with Crippen molar-refractivity contribution in [1.29, 1.82) is 5.26 Å². The Balaban J connectivity index is 2.69. The van der Waals surface area contributed by atoms with E-state index in [0.717, 1.165) is 11.6 Å². The number of furan rings is 1. The van der Waals surface area contributed by atoms with Crippen LogP contribution >= 0.6 is 0 Å². The van der Waals surface area contributed by atoms with Crippen molar-refractivity contribution in [2.45, 2.75) is 20.8 Å². The minimum atomic E-state index is -0.352. The van der Waals surface area contributed by atoms with E-state index in [1.165, 1.54) is 0 Å². The highest BCUT2D eigenvalue weighted by atomic mass is 16.4. The van der Waals surface area contributed by atoms with E-state index in [0.29, 0.717) is 6.54 Å². The molecule has 1 rings (SSSR count). The van der Waals surface area contributed by atoms with Crippen molar-refractivity contribution >= 4 is 5.88 Å². The van der Waals surface area contributed by atoms with E-state index in [4.69, 9.17) is 9.68 Å². The van der Waals surface area contributed by atoms with Crippen molar-refractivity contribution in [3.05, 3.63) is 17.9 Å². The summed E-state index contributed by atoms with van der Waals surface area (Å²) in [6.45, 7) is 6.40. The number of hydrogen-bond acceptors (Lipinski definition) is 3. The van der Waals surface area contributed by atoms with Crippen molar-refractivity contribution in [3.8, 4) is 6.07 Å². The number of hydrogen-bond donors (Lipinski definition) is 0. The quantitative estimate of drug-likeness (QED) is 0.739. The van der Waals surface area contributed by atoms with Crippen LogP contribution in [0.2, 0.25) is 0 Å². The lowest BCUT2D eigenvalue weighted by Crippen LogP contribution is -2.29. The number of anilines is 1. The molecule has 1 aromatic rings. The van der Waals surface area contributed by atoms with Gasteiger partial charge in [0.2, 0.25) is 0 Å². The molecule has 0 aliphatic heterocycles. The molecule has 0 bridgehead atoms. The first-order chi connectivity index (χ1) is 6.44. The molecular formula is C11H16N2O. The van der Waals surface area contributed by atoms with E-state index in [1.54, 1.807) is 0 Å². The highest BCUT2D eigenvalue weighted by molar-refractivity contribution is 5.35. The average Bonchev–Trinajstić information content (AvgIpc) is 2.51. The molecule has 0 saturated heterocycles. The fraction of sp³-hybridized carbons (Fsp3) is 0.545. The zero-order valence-corrected chi connectivity index (χ0v) is 9.16. The Kier molecular flexibility index (Phi) is 2.85. The lowest BCUT2D eigenvalue weighted by molar-refractivity contribution is 0.462. The van der Waals surface area contributed by atoms with E-state index >= 15 is 0 Å². The molecule has 3 heteroatoms. The zero-order chi connectivity index (χ0) is 10.8. The number of rotatable bonds is 3. The SMILES string of the molecule is Cc1ccc(N(C)CC(C)(C)C#N)o1. The summed E-state index contributed by atoms with van der Waals surface area (Å²) in [7, 11) is 1.93. The van der Waals surface area contributed by atoms with E-state index in [9.17, 15) is 0 Å². The van der Waals surface area contributed by atoms with Crippen LogP contribution < -0.4 is 4.90 Å². The molecule has 0 spiro atoms. The molecule has 0 aliphatic rings. The van der Waals surface area contributed by atoms with Crippen molar-refractivity contribution in [3.63, 3.8) is 0 Å². The zero-order valence-electron chi connectivity index (χ0n) is 9.16.